The van der Waals surface area contributed by atoms with Gasteiger partial charge in [0, 0.05) is 12.2 Å². The lowest BCUT2D eigenvalue weighted by Crippen LogP contribution is -2.20. The number of nitrogens with zero attached hydrogens (tertiary/aromatic N) is 1. The first kappa shape index (κ1) is 13.6. The third-order valence-electron chi connectivity index (χ3n) is 3.34. The van der Waals surface area contributed by atoms with Crippen molar-refractivity contribution in [3.05, 3.63) is 65.7 Å². The Hall–Kier alpha value is -1.80. The van der Waals surface area contributed by atoms with Crippen molar-refractivity contribution in [2.24, 2.45) is 0 Å². The molecule has 0 spiro atoms. The zero-order chi connectivity index (χ0) is 13.5. The van der Waals surface area contributed by atoms with E-state index in [1.165, 1.54) is 17.5 Å². The number of benzene rings is 2. The minimum absolute atomic E-state index is 0.886. The summed E-state index contributed by atoms with van der Waals surface area (Å²) in [6.07, 6.45) is 2.31. The molecule has 0 fully saturated rings. The molecule has 0 radical (unpaired) electrons. The van der Waals surface area contributed by atoms with Crippen LogP contribution in [0.15, 0.2) is 54.6 Å². The van der Waals surface area contributed by atoms with E-state index in [-0.39, 0.29) is 0 Å². The lowest BCUT2D eigenvalue weighted by Gasteiger charge is -2.17. The number of anilines is 1. The van der Waals surface area contributed by atoms with Gasteiger partial charge in [-0.3, -0.25) is 0 Å². The van der Waals surface area contributed by atoms with Crippen LogP contribution >= 0.6 is 0 Å². The average Bonchev–Trinajstić information content (AvgIpc) is 2.43. The molecule has 2 nitrogen and oxygen atoms in total. The Morgan fingerprint density at radius 1 is 0.947 bits per heavy atom. The Morgan fingerprint density at radius 2 is 1.63 bits per heavy atom. The molecule has 0 aliphatic carbocycles. The van der Waals surface area contributed by atoms with Crippen molar-refractivity contribution in [2.75, 3.05) is 19.3 Å². The average molecular weight is 254 g/mol. The fourth-order valence-electron chi connectivity index (χ4n) is 2.25. The standard InChI is InChI=1S/C17H22N2/c1-19(14-16-11-5-6-12-17(16)18)13-7-10-15-8-3-2-4-9-15/h2-6,8-9,11-12H,7,10,13-14,18H2,1H3. The summed E-state index contributed by atoms with van der Waals surface area (Å²) in [6, 6.07) is 18.7. The van der Waals surface area contributed by atoms with Crippen molar-refractivity contribution in [1.29, 1.82) is 0 Å². The normalized spacial score (nSPS) is 10.8. The van der Waals surface area contributed by atoms with Crippen LogP contribution in [0.5, 0.6) is 0 Å². The van der Waals surface area contributed by atoms with Gasteiger partial charge in [0.05, 0.1) is 0 Å². The molecule has 0 aliphatic heterocycles. The van der Waals surface area contributed by atoms with Gasteiger partial charge in [-0.15, -0.1) is 0 Å². The Morgan fingerprint density at radius 3 is 2.37 bits per heavy atom. The van der Waals surface area contributed by atoms with Crippen LogP contribution in [-0.2, 0) is 13.0 Å². The van der Waals surface area contributed by atoms with Crippen molar-refractivity contribution in [3.63, 3.8) is 0 Å². The molecule has 2 heteroatoms. The van der Waals surface area contributed by atoms with Crippen LogP contribution in [0.1, 0.15) is 17.5 Å². The van der Waals surface area contributed by atoms with Gasteiger partial charge in [-0.1, -0.05) is 48.5 Å². The van der Waals surface area contributed by atoms with Crippen LogP contribution in [0.4, 0.5) is 5.69 Å². The Balaban J connectivity index is 1.76. The van der Waals surface area contributed by atoms with E-state index in [0.717, 1.165) is 25.2 Å². The fraction of sp³-hybridized carbons (Fsp3) is 0.294. The molecular formula is C17H22N2. The van der Waals surface area contributed by atoms with Gasteiger partial charge in [0.25, 0.3) is 0 Å². The number of para-hydroxylation sites is 1. The van der Waals surface area contributed by atoms with Gasteiger partial charge in [0.15, 0.2) is 0 Å². The van der Waals surface area contributed by atoms with E-state index in [1.807, 2.05) is 18.2 Å². The SMILES string of the molecule is CN(CCCc1ccccc1)Cc1ccccc1N. The summed E-state index contributed by atoms with van der Waals surface area (Å²) in [5, 5.41) is 0. The van der Waals surface area contributed by atoms with Crippen molar-refractivity contribution in [3.8, 4) is 0 Å². The number of aryl methyl sites for hydroxylation is 1. The van der Waals surface area contributed by atoms with Crippen molar-refractivity contribution in [1.82, 2.24) is 4.90 Å². The van der Waals surface area contributed by atoms with Gasteiger partial charge in [-0.05, 0) is 43.6 Å². The second-order valence-electron chi connectivity index (χ2n) is 5.03. The van der Waals surface area contributed by atoms with Crippen LogP contribution < -0.4 is 5.73 Å². The molecule has 0 atom stereocenters. The number of hydrogen-bond donors (Lipinski definition) is 1. The van der Waals surface area contributed by atoms with Crippen molar-refractivity contribution < 1.29 is 0 Å². The summed E-state index contributed by atoms with van der Waals surface area (Å²) in [5.41, 5.74) is 9.47. The topological polar surface area (TPSA) is 29.3 Å². The van der Waals surface area contributed by atoms with Crippen LogP contribution in [0.25, 0.3) is 0 Å². The maximum Gasteiger partial charge on any atom is 0.0359 e. The number of nitrogens with two attached hydrogens (primary N) is 1. The summed E-state index contributed by atoms with van der Waals surface area (Å²) >= 11 is 0. The highest BCUT2D eigenvalue weighted by atomic mass is 15.1. The van der Waals surface area contributed by atoms with Crippen molar-refractivity contribution in [2.45, 2.75) is 19.4 Å². The third kappa shape index (κ3) is 4.42. The molecule has 0 aliphatic rings. The van der Waals surface area contributed by atoms with Crippen LogP contribution in [0, 0.1) is 0 Å². The lowest BCUT2D eigenvalue weighted by molar-refractivity contribution is 0.323. The molecule has 2 aromatic carbocycles. The van der Waals surface area contributed by atoms with E-state index in [9.17, 15) is 0 Å². The van der Waals surface area contributed by atoms with E-state index in [4.69, 9.17) is 5.73 Å². The predicted octanol–water partition coefficient (Wildman–Crippen LogP) is 3.33. The second kappa shape index (κ2) is 6.95. The number of rotatable bonds is 6. The van der Waals surface area contributed by atoms with Gasteiger partial charge in [-0.2, -0.15) is 0 Å². The summed E-state index contributed by atoms with van der Waals surface area (Å²) < 4.78 is 0. The quantitative estimate of drug-likeness (QED) is 0.801. The molecule has 0 amide bonds. The first-order valence-electron chi connectivity index (χ1n) is 6.81. The molecular weight excluding hydrogens is 232 g/mol. The van der Waals surface area contributed by atoms with E-state index in [0.29, 0.717) is 0 Å². The molecule has 0 saturated heterocycles. The maximum atomic E-state index is 5.96. The van der Waals surface area contributed by atoms with E-state index < -0.39 is 0 Å². The highest BCUT2D eigenvalue weighted by Crippen LogP contribution is 2.13. The zero-order valence-corrected chi connectivity index (χ0v) is 11.5. The third-order valence-corrected chi connectivity index (χ3v) is 3.34. The highest BCUT2D eigenvalue weighted by molar-refractivity contribution is 5.46. The van der Waals surface area contributed by atoms with Gasteiger partial charge in [0.2, 0.25) is 0 Å². The van der Waals surface area contributed by atoms with Crippen LogP contribution in [0.2, 0.25) is 0 Å². The predicted molar refractivity (Wildman–Crippen MR) is 82.0 cm³/mol. The van der Waals surface area contributed by atoms with Gasteiger partial charge in [-0.25, -0.2) is 0 Å². The monoisotopic (exact) mass is 254 g/mol. The minimum atomic E-state index is 0.886. The fourth-order valence-corrected chi connectivity index (χ4v) is 2.25. The first-order valence-corrected chi connectivity index (χ1v) is 6.81. The Labute approximate surface area is 115 Å². The van der Waals surface area contributed by atoms with Gasteiger partial charge in [0.1, 0.15) is 0 Å². The first-order chi connectivity index (χ1) is 9.25. The summed E-state index contributed by atoms with van der Waals surface area (Å²) in [6.45, 7) is 2.00. The van der Waals surface area contributed by atoms with Crippen LogP contribution in [-0.4, -0.2) is 18.5 Å². The molecule has 19 heavy (non-hydrogen) atoms. The molecule has 0 saturated carbocycles. The minimum Gasteiger partial charge on any atom is -0.398 e. The number of nitrogen functional groups attached to an aromatic ring is 1. The van der Waals surface area contributed by atoms with Crippen LogP contribution in [0.3, 0.4) is 0 Å². The molecule has 0 bridgehead atoms. The summed E-state index contributed by atoms with van der Waals surface area (Å²) in [5.74, 6) is 0. The molecule has 2 rings (SSSR count). The second-order valence-corrected chi connectivity index (χ2v) is 5.03. The molecule has 100 valence electrons. The Bertz CT molecular complexity index is 494. The lowest BCUT2D eigenvalue weighted by atomic mass is 10.1. The van der Waals surface area contributed by atoms with Gasteiger partial charge >= 0.3 is 0 Å². The van der Waals surface area contributed by atoms with E-state index >= 15 is 0 Å². The van der Waals surface area contributed by atoms with E-state index in [1.54, 1.807) is 0 Å². The smallest absolute Gasteiger partial charge is 0.0359 e. The molecule has 2 aromatic rings. The van der Waals surface area contributed by atoms with Gasteiger partial charge < -0.3 is 10.6 Å². The maximum absolute atomic E-state index is 5.96. The van der Waals surface area contributed by atoms with E-state index in [2.05, 4.69) is 48.3 Å². The number of hydrogen-bond acceptors (Lipinski definition) is 2. The molecule has 0 heterocycles. The molecule has 0 unspecified atom stereocenters. The summed E-state index contributed by atoms with van der Waals surface area (Å²) in [4.78, 5) is 2.33. The highest BCUT2D eigenvalue weighted by Gasteiger charge is 2.03. The summed E-state index contributed by atoms with van der Waals surface area (Å²) in [7, 11) is 2.15. The van der Waals surface area contributed by atoms with Crippen molar-refractivity contribution >= 4 is 5.69 Å². The largest absolute Gasteiger partial charge is 0.398 e. The Kier molecular flexibility index (Phi) is 4.99. The molecule has 2 N–H and O–H groups in total. The molecule has 0 aromatic heterocycles. The zero-order valence-electron chi connectivity index (χ0n) is 11.5.